The third-order valence-electron chi connectivity index (χ3n) is 3.41. The van der Waals surface area contributed by atoms with Gasteiger partial charge in [0.1, 0.15) is 0 Å². The lowest BCUT2D eigenvalue weighted by molar-refractivity contribution is -0.150. The maximum atomic E-state index is 12.0. The Morgan fingerprint density at radius 1 is 1.63 bits per heavy atom. The molecule has 7 heteroatoms. The van der Waals surface area contributed by atoms with E-state index in [9.17, 15) is 14.7 Å². The van der Waals surface area contributed by atoms with E-state index in [2.05, 4.69) is 10.5 Å². The van der Waals surface area contributed by atoms with Crippen molar-refractivity contribution in [2.45, 2.75) is 26.3 Å². The molecule has 2 N–H and O–H groups in total. The first-order chi connectivity index (χ1) is 9.01. The number of amides is 2. The normalized spacial score (nSPS) is 23.1. The van der Waals surface area contributed by atoms with E-state index in [0.717, 1.165) is 0 Å². The van der Waals surface area contributed by atoms with Crippen molar-refractivity contribution in [3.8, 4) is 0 Å². The van der Waals surface area contributed by atoms with E-state index in [1.165, 1.54) is 11.1 Å². The lowest BCUT2D eigenvalue weighted by atomic mass is 9.82. The summed E-state index contributed by atoms with van der Waals surface area (Å²) in [6.45, 7) is 2.72. The molecule has 2 amide bonds. The van der Waals surface area contributed by atoms with Gasteiger partial charge in [0, 0.05) is 19.2 Å². The van der Waals surface area contributed by atoms with Crippen LogP contribution in [-0.4, -0.2) is 40.3 Å². The van der Waals surface area contributed by atoms with E-state index in [1.54, 1.807) is 13.0 Å². The molecule has 1 atom stereocenters. The number of nitrogens with one attached hydrogen (secondary N) is 1. The van der Waals surface area contributed by atoms with Crippen LogP contribution < -0.4 is 5.32 Å². The van der Waals surface area contributed by atoms with Gasteiger partial charge in [0.05, 0.1) is 18.2 Å². The van der Waals surface area contributed by atoms with Gasteiger partial charge >= 0.3 is 12.0 Å². The predicted molar refractivity (Wildman–Crippen MR) is 65.3 cm³/mol. The molecule has 1 aromatic heterocycles. The number of carbonyl (C=O) groups is 2. The van der Waals surface area contributed by atoms with E-state index >= 15 is 0 Å². The van der Waals surface area contributed by atoms with Gasteiger partial charge in [0.25, 0.3) is 0 Å². The molecule has 1 aliphatic rings. The molecule has 0 spiro atoms. The summed E-state index contributed by atoms with van der Waals surface area (Å²) in [4.78, 5) is 24.7. The van der Waals surface area contributed by atoms with Crippen molar-refractivity contribution in [2.75, 3.05) is 13.1 Å². The van der Waals surface area contributed by atoms with Gasteiger partial charge in [-0.15, -0.1) is 0 Å². The Kier molecular flexibility index (Phi) is 3.73. The second-order valence-electron chi connectivity index (χ2n) is 5.03. The van der Waals surface area contributed by atoms with Crippen molar-refractivity contribution >= 4 is 12.0 Å². The van der Waals surface area contributed by atoms with Crippen LogP contribution in [0.1, 0.15) is 25.5 Å². The largest absolute Gasteiger partial charge is 0.481 e. The summed E-state index contributed by atoms with van der Waals surface area (Å²) in [6.07, 6.45) is 2.79. The molecule has 0 saturated carbocycles. The van der Waals surface area contributed by atoms with Crippen LogP contribution in [0, 0.1) is 5.41 Å². The number of rotatable bonds is 3. The fraction of sp³-hybridized carbons (Fsp3) is 0.583. The quantitative estimate of drug-likeness (QED) is 0.854. The first-order valence-electron chi connectivity index (χ1n) is 6.17. The number of nitrogens with zero attached hydrogens (tertiary/aromatic N) is 2. The van der Waals surface area contributed by atoms with Gasteiger partial charge < -0.3 is 19.8 Å². The van der Waals surface area contributed by atoms with Gasteiger partial charge in [0.15, 0.2) is 5.76 Å². The smallest absolute Gasteiger partial charge is 0.317 e. The Hall–Kier alpha value is -2.05. The number of hydrogen-bond acceptors (Lipinski definition) is 4. The van der Waals surface area contributed by atoms with Crippen molar-refractivity contribution in [3.05, 3.63) is 18.0 Å². The van der Waals surface area contributed by atoms with Crippen LogP contribution in [0.15, 0.2) is 16.8 Å². The number of carboxylic acids is 1. The number of carboxylic acid groups (broad SMARTS) is 1. The number of piperidine rings is 1. The fourth-order valence-corrected chi connectivity index (χ4v) is 2.20. The van der Waals surface area contributed by atoms with Crippen LogP contribution >= 0.6 is 0 Å². The summed E-state index contributed by atoms with van der Waals surface area (Å²) in [7, 11) is 0. The molecule has 1 aliphatic heterocycles. The summed E-state index contributed by atoms with van der Waals surface area (Å²) in [5.41, 5.74) is -0.859. The van der Waals surface area contributed by atoms with Crippen molar-refractivity contribution in [3.63, 3.8) is 0 Å². The molecule has 7 nitrogen and oxygen atoms in total. The van der Waals surface area contributed by atoms with Crippen molar-refractivity contribution in [1.29, 1.82) is 0 Å². The molecule has 1 aromatic rings. The number of urea groups is 1. The van der Waals surface area contributed by atoms with Crippen molar-refractivity contribution in [1.82, 2.24) is 15.4 Å². The molecule has 1 fully saturated rings. The summed E-state index contributed by atoms with van der Waals surface area (Å²) < 4.78 is 4.87. The molecule has 0 radical (unpaired) electrons. The van der Waals surface area contributed by atoms with Crippen LogP contribution in [0.3, 0.4) is 0 Å². The summed E-state index contributed by atoms with van der Waals surface area (Å²) in [5.74, 6) is -0.299. The Labute approximate surface area is 110 Å². The molecular formula is C12H17N3O4. The van der Waals surface area contributed by atoms with Gasteiger partial charge in [-0.1, -0.05) is 5.16 Å². The monoisotopic (exact) mass is 267 g/mol. The number of carbonyl (C=O) groups excluding carboxylic acids is 1. The molecule has 1 unspecified atom stereocenters. The standard InChI is InChI=1S/C12H17N3O4/c1-12(10(16)17)4-2-6-15(8-12)11(18)13-7-9-3-5-14-19-9/h3,5H,2,4,6-8H2,1H3,(H,13,18)(H,16,17). The molecular weight excluding hydrogens is 250 g/mol. The lowest BCUT2D eigenvalue weighted by Gasteiger charge is -2.37. The minimum atomic E-state index is -0.861. The van der Waals surface area contributed by atoms with Crippen molar-refractivity contribution < 1.29 is 19.2 Å². The number of aliphatic carboxylic acids is 1. The first-order valence-corrected chi connectivity index (χ1v) is 6.17. The Morgan fingerprint density at radius 3 is 3.05 bits per heavy atom. The average molecular weight is 267 g/mol. The predicted octanol–water partition coefficient (Wildman–Crippen LogP) is 1.07. The molecule has 19 heavy (non-hydrogen) atoms. The molecule has 104 valence electrons. The molecule has 2 rings (SSSR count). The average Bonchev–Trinajstić information content (AvgIpc) is 2.89. The van der Waals surface area contributed by atoms with Crippen LogP contribution in [0.4, 0.5) is 4.79 Å². The number of aromatic nitrogens is 1. The molecule has 0 bridgehead atoms. The summed E-state index contributed by atoms with van der Waals surface area (Å²) in [5, 5.41) is 15.4. The van der Waals surface area contributed by atoms with Gasteiger partial charge in [-0.25, -0.2) is 4.79 Å². The topological polar surface area (TPSA) is 95.7 Å². The van der Waals surface area contributed by atoms with Gasteiger partial charge in [-0.2, -0.15) is 0 Å². The maximum Gasteiger partial charge on any atom is 0.317 e. The lowest BCUT2D eigenvalue weighted by Crippen LogP contribution is -2.51. The van der Waals surface area contributed by atoms with Gasteiger partial charge in [-0.05, 0) is 19.8 Å². The summed E-state index contributed by atoms with van der Waals surface area (Å²) in [6, 6.07) is 1.39. The highest BCUT2D eigenvalue weighted by molar-refractivity contribution is 5.78. The number of likely N-dealkylation sites (tertiary alicyclic amines) is 1. The second-order valence-corrected chi connectivity index (χ2v) is 5.03. The van der Waals surface area contributed by atoms with Crippen LogP contribution in [0.25, 0.3) is 0 Å². The number of hydrogen-bond donors (Lipinski definition) is 2. The minimum Gasteiger partial charge on any atom is -0.481 e. The zero-order valence-electron chi connectivity index (χ0n) is 10.8. The Balaban J connectivity index is 1.90. The van der Waals surface area contributed by atoms with E-state index in [4.69, 9.17) is 4.52 Å². The third-order valence-corrected chi connectivity index (χ3v) is 3.41. The highest BCUT2D eigenvalue weighted by Crippen LogP contribution is 2.29. The van der Waals surface area contributed by atoms with E-state index in [1.807, 2.05) is 0 Å². The first kappa shape index (κ1) is 13.4. The van der Waals surface area contributed by atoms with Crippen LogP contribution in [0.5, 0.6) is 0 Å². The molecule has 0 aliphatic carbocycles. The zero-order chi connectivity index (χ0) is 13.9. The Bertz CT molecular complexity index is 460. The zero-order valence-corrected chi connectivity index (χ0v) is 10.8. The highest BCUT2D eigenvalue weighted by Gasteiger charge is 2.39. The SMILES string of the molecule is CC1(C(=O)O)CCCN(C(=O)NCc2ccno2)C1. The van der Waals surface area contributed by atoms with Crippen molar-refractivity contribution in [2.24, 2.45) is 5.41 Å². The second kappa shape index (κ2) is 5.29. The van der Waals surface area contributed by atoms with E-state index in [0.29, 0.717) is 25.1 Å². The van der Waals surface area contributed by atoms with Gasteiger partial charge in [-0.3, -0.25) is 4.79 Å². The maximum absolute atomic E-state index is 12.0. The third kappa shape index (κ3) is 3.04. The molecule has 0 aromatic carbocycles. The Morgan fingerprint density at radius 2 is 2.42 bits per heavy atom. The van der Waals surface area contributed by atoms with Crippen LogP contribution in [0.2, 0.25) is 0 Å². The fourth-order valence-electron chi connectivity index (χ4n) is 2.20. The molecule has 2 heterocycles. The minimum absolute atomic E-state index is 0.227. The summed E-state index contributed by atoms with van der Waals surface area (Å²) >= 11 is 0. The van der Waals surface area contributed by atoms with Crippen LogP contribution in [-0.2, 0) is 11.3 Å². The van der Waals surface area contributed by atoms with Gasteiger partial charge in [0.2, 0.25) is 0 Å². The highest BCUT2D eigenvalue weighted by atomic mass is 16.5. The van der Waals surface area contributed by atoms with E-state index < -0.39 is 11.4 Å². The molecule has 1 saturated heterocycles. The van der Waals surface area contributed by atoms with E-state index in [-0.39, 0.29) is 19.1 Å².